The lowest BCUT2D eigenvalue weighted by molar-refractivity contribution is 0.466. The quantitative estimate of drug-likeness (QED) is 0.404. The van der Waals surface area contributed by atoms with Crippen molar-refractivity contribution in [3.8, 4) is 0 Å². The first kappa shape index (κ1) is 22.9. The molecule has 0 saturated carbocycles. The SMILES string of the molecule is CCCCCCCC(CCCCCCC)S(=O)(=O)NC(C)(C)C. The molecule has 3 nitrogen and oxygen atoms in total. The summed E-state index contributed by atoms with van der Waals surface area (Å²) >= 11 is 0. The third-order valence-electron chi connectivity index (χ3n) is 4.15. The molecule has 0 aromatic heterocycles. The van der Waals surface area contributed by atoms with Crippen LogP contribution in [0.5, 0.6) is 0 Å². The third-order valence-corrected chi connectivity index (χ3v) is 6.39. The molecule has 0 unspecified atom stereocenters. The molecule has 1 N–H and O–H groups in total. The number of unbranched alkanes of at least 4 members (excludes halogenated alkanes) is 8. The molecule has 0 fully saturated rings. The molecule has 23 heavy (non-hydrogen) atoms. The van der Waals surface area contributed by atoms with Gasteiger partial charge < -0.3 is 0 Å². The van der Waals surface area contributed by atoms with Crippen molar-refractivity contribution in [3.05, 3.63) is 0 Å². The van der Waals surface area contributed by atoms with Gasteiger partial charge in [-0.15, -0.1) is 0 Å². The van der Waals surface area contributed by atoms with Crippen LogP contribution in [0.25, 0.3) is 0 Å². The summed E-state index contributed by atoms with van der Waals surface area (Å²) in [4.78, 5) is 0. The molecule has 0 amide bonds. The Labute approximate surface area is 146 Å². The molecule has 0 rings (SSSR count). The Morgan fingerprint density at radius 3 is 1.48 bits per heavy atom. The molecule has 0 aliphatic carbocycles. The van der Waals surface area contributed by atoms with Crippen molar-refractivity contribution >= 4 is 10.0 Å². The number of nitrogens with one attached hydrogen (secondary N) is 1. The number of hydrogen-bond acceptors (Lipinski definition) is 2. The van der Waals surface area contributed by atoms with Crippen molar-refractivity contribution in [1.82, 2.24) is 4.72 Å². The Kier molecular flexibility index (Phi) is 12.2. The maximum Gasteiger partial charge on any atom is 0.214 e. The van der Waals surface area contributed by atoms with Gasteiger partial charge in [0.15, 0.2) is 0 Å². The van der Waals surface area contributed by atoms with Crippen LogP contribution in [0.4, 0.5) is 0 Å². The zero-order chi connectivity index (χ0) is 17.8. The minimum atomic E-state index is -3.22. The highest BCUT2D eigenvalue weighted by Gasteiger charge is 2.28. The van der Waals surface area contributed by atoms with Crippen molar-refractivity contribution in [2.45, 2.75) is 122 Å². The molecule has 140 valence electrons. The topological polar surface area (TPSA) is 46.2 Å². The smallest absolute Gasteiger partial charge is 0.212 e. The molecule has 4 heteroatoms. The zero-order valence-electron chi connectivity index (χ0n) is 16.3. The minimum absolute atomic E-state index is 0.218. The molecular weight excluding hydrogens is 306 g/mol. The van der Waals surface area contributed by atoms with Crippen LogP contribution in [0.15, 0.2) is 0 Å². The van der Waals surface area contributed by atoms with E-state index in [4.69, 9.17) is 0 Å². The zero-order valence-corrected chi connectivity index (χ0v) is 17.1. The fourth-order valence-electron chi connectivity index (χ4n) is 2.92. The van der Waals surface area contributed by atoms with Crippen LogP contribution in [0.2, 0.25) is 0 Å². The van der Waals surface area contributed by atoms with Crippen LogP contribution in [0.3, 0.4) is 0 Å². The fraction of sp³-hybridized carbons (Fsp3) is 1.00. The van der Waals surface area contributed by atoms with Crippen LogP contribution >= 0.6 is 0 Å². The van der Waals surface area contributed by atoms with Crippen LogP contribution < -0.4 is 4.72 Å². The lowest BCUT2D eigenvalue weighted by atomic mass is 10.0. The predicted molar refractivity (Wildman–Crippen MR) is 102 cm³/mol. The van der Waals surface area contributed by atoms with E-state index in [1.54, 1.807) is 0 Å². The number of sulfonamides is 1. The molecule has 0 heterocycles. The van der Waals surface area contributed by atoms with Crippen LogP contribution in [0, 0.1) is 0 Å². The van der Waals surface area contributed by atoms with Gasteiger partial charge in [-0.05, 0) is 33.6 Å². The van der Waals surface area contributed by atoms with Gasteiger partial charge in [0.05, 0.1) is 5.25 Å². The highest BCUT2D eigenvalue weighted by molar-refractivity contribution is 7.90. The van der Waals surface area contributed by atoms with E-state index in [1.165, 1.54) is 38.5 Å². The minimum Gasteiger partial charge on any atom is -0.212 e. The van der Waals surface area contributed by atoms with Gasteiger partial charge in [-0.2, -0.15) is 0 Å². The summed E-state index contributed by atoms with van der Waals surface area (Å²) in [5.74, 6) is 0. The fourth-order valence-corrected chi connectivity index (χ4v) is 4.89. The van der Waals surface area contributed by atoms with Crippen molar-refractivity contribution < 1.29 is 8.42 Å². The Bertz CT molecular complexity index is 357. The lowest BCUT2D eigenvalue weighted by Crippen LogP contribution is -2.45. The Hall–Kier alpha value is -0.0900. The van der Waals surface area contributed by atoms with E-state index in [1.807, 2.05) is 20.8 Å². The van der Waals surface area contributed by atoms with E-state index in [0.717, 1.165) is 38.5 Å². The second-order valence-electron chi connectivity index (χ2n) is 7.92. The van der Waals surface area contributed by atoms with Crippen molar-refractivity contribution in [1.29, 1.82) is 0 Å². The highest BCUT2D eigenvalue weighted by atomic mass is 32.2. The molecule has 0 aliphatic rings. The van der Waals surface area contributed by atoms with E-state index in [2.05, 4.69) is 18.6 Å². The average molecular weight is 348 g/mol. The van der Waals surface area contributed by atoms with E-state index in [0.29, 0.717) is 0 Å². The standard InChI is InChI=1S/C19H41NO2S/c1-6-8-10-12-14-16-18(17-15-13-11-9-7-2)23(21,22)20-19(3,4)5/h18,20H,6-17H2,1-5H3. The number of rotatable bonds is 14. The largest absolute Gasteiger partial charge is 0.214 e. The van der Waals surface area contributed by atoms with Gasteiger partial charge in [-0.3, -0.25) is 0 Å². The maximum atomic E-state index is 12.7. The van der Waals surface area contributed by atoms with Crippen molar-refractivity contribution in [2.24, 2.45) is 0 Å². The summed E-state index contributed by atoms with van der Waals surface area (Å²) in [7, 11) is -3.22. The van der Waals surface area contributed by atoms with Crippen LogP contribution in [-0.4, -0.2) is 19.2 Å². The molecule has 0 radical (unpaired) electrons. The summed E-state index contributed by atoms with van der Waals surface area (Å²) in [5.41, 5.74) is -0.387. The molecule has 0 bridgehead atoms. The summed E-state index contributed by atoms with van der Waals surface area (Å²) in [5, 5.41) is -0.218. The first-order valence-electron chi connectivity index (χ1n) is 9.75. The van der Waals surface area contributed by atoms with Gasteiger partial charge in [0.25, 0.3) is 0 Å². The first-order chi connectivity index (χ1) is 10.7. The Morgan fingerprint density at radius 2 is 1.13 bits per heavy atom. The van der Waals surface area contributed by atoms with Gasteiger partial charge in [-0.25, -0.2) is 13.1 Å². The molecule has 0 aromatic rings. The van der Waals surface area contributed by atoms with E-state index in [-0.39, 0.29) is 10.8 Å². The van der Waals surface area contributed by atoms with E-state index >= 15 is 0 Å². The highest BCUT2D eigenvalue weighted by Crippen LogP contribution is 2.20. The maximum absolute atomic E-state index is 12.7. The first-order valence-corrected chi connectivity index (χ1v) is 11.3. The Balaban J connectivity index is 4.46. The van der Waals surface area contributed by atoms with Crippen LogP contribution in [-0.2, 0) is 10.0 Å². The summed E-state index contributed by atoms with van der Waals surface area (Å²) in [6, 6.07) is 0. The van der Waals surface area contributed by atoms with Gasteiger partial charge in [0.1, 0.15) is 0 Å². The predicted octanol–water partition coefficient (Wildman–Crippen LogP) is 5.79. The van der Waals surface area contributed by atoms with Crippen LogP contribution in [0.1, 0.15) is 112 Å². The second kappa shape index (κ2) is 12.3. The molecule has 0 saturated heterocycles. The third kappa shape index (κ3) is 12.9. The monoisotopic (exact) mass is 347 g/mol. The van der Waals surface area contributed by atoms with Crippen molar-refractivity contribution in [3.63, 3.8) is 0 Å². The summed E-state index contributed by atoms with van der Waals surface area (Å²) in [6.45, 7) is 10.2. The van der Waals surface area contributed by atoms with Gasteiger partial charge in [0, 0.05) is 5.54 Å². The molecule has 0 atom stereocenters. The van der Waals surface area contributed by atoms with Gasteiger partial charge in [-0.1, -0.05) is 78.1 Å². The number of hydrogen-bond donors (Lipinski definition) is 1. The Morgan fingerprint density at radius 1 is 0.739 bits per heavy atom. The van der Waals surface area contributed by atoms with Gasteiger partial charge >= 0.3 is 0 Å². The molecule has 0 aromatic carbocycles. The molecular formula is C19H41NO2S. The molecule has 0 aliphatic heterocycles. The van der Waals surface area contributed by atoms with E-state index in [9.17, 15) is 8.42 Å². The summed E-state index contributed by atoms with van der Waals surface area (Å²) in [6.07, 6.45) is 13.4. The second-order valence-corrected chi connectivity index (χ2v) is 9.89. The molecule has 0 spiro atoms. The van der Waals surface area contributed by atoms with E-state index < -0.39 is 10.0 Å². The average Bonchev–Trinajstić information content (AvgIpc) is 2.41. The van der Waals surface area contributed by atoms with Gasteiger partial charge in [0.2, 0.25) is 10.0 Å². The lowest BCUT2D eigenvalue weighted by Gasteiger charge is -2.25. The normalized spacial score (nSPS) is 13.0. The summed E-state index contributed by atoms with van der Waals surface area (Å²) < 4.78 is 28.2. The van der Waals surface area contributed by atoms with Crippen molar-refractivity contribution in [2.75, 3.05) is 0 Å².